The van der Waals surface area contributed by atoms with E-state index in [1.54, 1.807) is 0 Å². The Bertz CT molecular complexity index is 879. The van der Waals surface area contributed by atoms with Gasteiger partial charge in [0.1, 0.15) is 19.3 Å². The first-order chi connectivity index (χ1) is 26.1. The summed E-state index contributed by atoms with van der Waals surface area (Å²) >= 11 is 0. The molecular formula is C45H91NO7P+. The monoisotopic (exact) mass is 789 g/mol. The minimum absolute atomic E-state index is 0.0917. The highest BCUT2D eigenvalue weighted by atomic mass is 31.2. The number of phosphoric acid groups is 1. The maximum absolute atomic E-state index is 12.6. The number of hydrogen-bond donors (Lipinski definition) is 1. The molecule has 2 atom stereocenters. The van der Waals surface area contributed by atoms with Crippen molar-refractivity contribution < 1.29 is 37.3 Å². The SMILES string of the molecule is CCCCCCCCCC/C=C\CCCCCCCCCCCCCCOCC(COP(=O)(O)OCC[N+](C)(C)C)OC(=O)CCCCCCCCCC. The summed E-state index contributed by atoms with van der Waals surface area (Å²) < 4.78 is 34.9. The molecule has 0 amide bonds. The van der Waals surface area contributed by atoms with Crippen molar-refractivity contribution in [3.05, 3.63) is 12.2 Å². The van der Waals surface area contributed by atoms with E-state index in [1.165, 1.54) is 161 Å². The second-order valence-corrected chi connectivity index (χ2v) is 18.2. The zero-order valence-corrected chi connectivity index (χ0v) is 37.4. The Kier molecular flexibility index (Phi) is 38.5. The number of carbonyl (C=O) groups is 1. The summed E-state index contributed by atoms with van der Waals surface area (Å²) in [4.78, 5) is 22.7. The van der Waals surface area contributed by atoms with Gasteiger partial charge in [0.2, 0.25) is 0 Å². The van der Waals surface area contributed by atoms with Crippen LogP contribution in [-0.2, 0) is 27.9 Å². The first-order valence-corrected chi connectivity index (χ1v) is 24.4. The van der Waals surface area contributed by atoms with Crippen molar-refractivity contribution in [2.45, 2.75) is 219 Å². The lowest BCUT2D eigenvalue weighted by molar-refractivity contribution is -0.870. The number of phosphoric ester groups is 1. The zero-order chi connectivity index (χ0) is 39.9. The highest BCUT2D eigenvalue weighted by Crippen LogP contribution is 2.43. The highest BCUT2D eigenvalue weighted by molar-refractivity contribution is 7.47. The first-order valence-electron chi connectivity index (χ1n) is 22.9. The Morgan fingerprint density at radius 2 is 0.963 bits per heavy atom. The molecule has 0 aromatic heterocycles. The molecule has 0 radical (unpaired) electrons. The largest absolute Gasteiger partial charge is 0.472 e. The molecule has 0 aliphatic rings. The number of hydrogen-bond acceptors (Lipinski definition) is 6. The molecule has 1 N–H and O–H groups in total. The molecule has 54 heavy (non-hydrogen) atoms. The van der Waals surface area contributed by atoms with Crippen LogP contribution >= 0.6 is 7.82 Å². The van der Waals surface area contributed by atoms with Crippen molar-refractivity contribution in [2.24, 2.45) is 0 Å². The van der Waals surface area contributed by atoms with E-state index in [0.717, 1.165) is 32.1 Å². The number of ether oxygens (including phenoxy) is 2. The molecule has 2 unspecified atom stereocenters. The Morgan fingerprint density at radius 3 is 1.41 bits per heavy atom. The Labute approximate surface area is 335 Å². The average Bonchev–Trinajstić information content (AvgIpc) is 3.12. The second-order valence-electron chi connectivity index (χ2n) is 16.8. The Morgan fingerprint density at radius 1 is 0.556 bits per heavy atom. The fourth-order valence-electron chi connectivity index (χ4n) is 6.49. The van der Waals surface area contributed by atoms with Crippen molar-refractivity contribution in [3.63, 3.8) is 0 Å². The summed E-state index contributed by atoms with van der Waals surface area (Å²) in [6.45, 7) is 5.62. The van der Waals surface area contributed by atoms with Gasteiger partial charge < -0.3 is 18.9 Å². The fourth-order valence-corrected chi connectivity index (χ4v) is 7.23. The third-order valence-electron chi connectivity index (χ3n) is 10.1. The molecule has 0 aromatic carbocycles. The lowest BCUT2D eigenvalue weighted by Crippen LogP contribution is -2.37. The number of quaternary nitrogens is 1. The number of allylic oxidation sites excluding steroid dienone is 2. The molecule has 9 heteroatoms. The molecule has 0 aliphatic heterocycles. The molecule has 0 saturated heterocycles. The molecule has 8 nitrogen and oxygen atoms in total. The van der Waals surface area contributed by atoms with Crippen LogP contribution in [0.1, 0.15) is 213 Å². The van der Waals surface area contributed by atoms with Crippen LogP contribution in [0.3, 0.4) is 0 Å². The molecule has 0 heterocycles. The minimum Gasteiger partial charge on any atom is -0.457 e. The Hall–Kier alpha value is -0.760. The number of likely N-dealkylation sites (N-methyl/N-ethyl adjacent to an activating group) is 1. The number of esters is 1. The van der Waals surface area contributed by atoms with Crippen LogP contribution in [0.25, 0.3) is 0 Å². The van der Waals surface area contributed by atoms with Crippen molar-refractivity contribution in [3.8, 4) is 0 Å². The van der Waals surface area contributed by atoms with Crippen LogP contribution in [0.4, 0.5) is 0 Å². The molecule has 322 valence electrons. The molecule has 0 aliphatic carbocycles. The van der Waals surface area contributed by atoms with Gasteiger partial charge in [-0.3, -0.25) is 13.8 Å². The number of rotatable bonds is 43. The van der Waals surface area contributed by atoms with E-state index in [2.05, 4.69) is 26.0 Å². The van der Waals surface area contributed by atoms with Crippen LogP contribution in [-0.4, -0.2) is 75.6 Å². The van der Waals surface area contributed by atoms with Gasteiger partial charge in [0, 0.05) is 13.0 Å². The standard InChI is InChI=1S/C45H90NO7P/c1-6-8-10-12-14-16-17-18-19-20-21-22-23-24-25-26-27-28-29-30-31-33-35-37-40-50-42-44(43-52-54(48,49)51-41-39-46(3,4)5)53-45(47)38-36-34-32-15-13-11-9-7-2/h20-21,44H,6-19,22-43H2,1-5H3/p+1/b21-20-. The van der Waals surface area contributed by atoms with Crippen LogP contribution in [0.15, 0.2) is 12.2 Å². The number of carbonyl (C=O) groups excluding carboxylic acids is 1. The van der Waals surface area contributed by atoms with Crippen molar-refractivity contribution >= 4 is 13.8 Å². The third-order valence-corrected chi connectivity index (χ3v) is 11.1. The van der Waals surface area contributed by atoms with E-state index >= 15 is 0 Å². The van der Waals surface area contributed by atoms with Gasteiger partial charge in [0.25, 0.3) is 0 Å². The summed E-state index contributed by atoms with van der Waals surface area (Å²) in [6, 6.07) is 0. The zero-order valence-electron chi connectivity index (χ0n) is 36.5. The van der Waals surface area contributed by atoms with Crippen molar-refractivity contribution in [1.29, 1.82) is 0 Å². The van der Waals surface area contributed by atoms with Crippen LogP contribution in [0, 0.1) is 0 Å². The van der Waals surface area contributed by atoms with E-state index in [0.29, 0.717) is 24.1 Å². The van der Waals surface area contributed by atoms with Crippen LogP contribution < -0.4 is 0 Å². The third kappa shape index (κ3) is 42.4. The summed E-state index contributed by atoms with van der Waals surface area (Å²) in [7, 11) is 1.68. The maximum atomic E-state index is 12.6. The lowest BCUT2D eigenvalue weighted by atomic mass is 10.0. The van der Waals surface area contributed by atoms with E-state index < -0.39 is 13.9 Å². The highest BCUT2D eigenvalue weighted by Gasteiger charge is 2.26. The molecule has 0 rings (SSSR count). The topological polar surface area (TPSA) is 91.3 Å². The lowest BCUT2D eigenvalue weighted by Gasteiger charge is -2.24. The quantitative estimate of drug-likeness (QED) is 0.0216. The molecule has 0 bridgehead atoms. The molecular weight excluding hydrogens is 697 g/mol. The predicted octanol–water partition coefficient (Wildman–Crippen LogP) is 13.4. The summed E-state index contributed by atoms with van der Waals surface area (Å²) in [5.41, 5.74) is 0. The van der Waals surface area contributed by atoms with Gasteiger partial charge in [-0.25, -0.2) is 4.57 Å². The molecule has 0 fully saturated rings. The fraction of sp³-hybridized carbons (Fsp3) is 0.933. The van der Waals surface area contributed by atoms with Gasteiger partial charge in [-0.15, -0.1) is 0 Å². The average molecular weight is 789 g/mol. The van der Waals surface area contributed by atoms with E-state index in [9.17, 15) is 14.3 Å². The summed E-state index contributed by atoms with van der Waals surface area (Å²) in [5.74, 6) is -0.316. The number of unbranched alkanes of at least 4 members (excludes halogenated alkanes) is 27. The molecule has 0 spiro atoms. The van der Waals surface area contributed by atoms with Gasteiger partial charge in [-0.05, 0) is 38.5 Å². The van der Waals surface area contributed by atoms with Crippen LogP contribution in [0.5, 0.6) is 0 Å². The van der Waals surface area contributed by atoms with Gasteiger partial charge in [0.05, 0.1) is 34.4 Å². The van der Waals surface area contributed by atoms with Gasteiger partial charge >= 0.3 is 13.8 Å². The second kappa shape index (κ2) is 39.1. The minimum atomic E-state index is -4.26. The smallest absolute Gasteiger partial charge is 0.457 e. The van der Waals surface area contributed by atoms with Crippen LogP contribution in [0.2, 0.25) is 0 Å². The van der Waals surface area contributed by atoms with Gasteiger partial charge in [-0.2, -0.15) is 0 Å². The van der Waals surface area contributed by atoms with Crippen molar-refractivity contribution in [1.82, 2.24) is 0 Å². The van der Waals surface area contributed by atoms with E-state index in [4.69, 9.17) is 18.5 Å². The van der Waals surface area contributed by atoms with E-state index in [-0.39, 0.29) is 25.8 Å². The van der Waals surface area contributed by atoms with E-state index in [1.807, 2.05) is 21.1 Å². The summed E-state index contributed by atoms with van der Waals surface area (Å²) in [6.07, 6.45) is 42.7. The Balaban J connectivity index is 3.98. The molecule has 0 saturated carbocycles. The van der Waals surface area contributed by atoms with Gasteiger partial charge in [0.15, 0.2) is 0 Å². The number of nitrogens with zero attached hydrogens (tertiary/aromatic N) is 1. The normalized spacial score (nSPS) is 13.8. The maximum Gasteiger partial charge on any atom is 0.472 e. The molecule has 0 aromatic rings. The predicted molar refractivity (Wildman–Crippen MR) is 229 cm³/mol. The van der Waals surface area contributed by atoms with Crippen molar-refractivity contribution in [2.75, 3.05) is 54.1 Å². The summed E-state index contributed by atoms with van der Waals surface area (Å²) in [5, 5.41) is 0. The van der Waals surface area contributed by atoms with Gasteiger partial charge in [-0.1, -0.05) is 180 Å². The first kappa shape index (κ1) is 53.2.